The molecule has 1 spiro atoms. The van der Waals surface area contributed by atoms with E-state index in [-0.39, 0.29) is 12.5 Å². The number of hydrogen-bond donors (Lipinski definition) is 2. The SMILES string of the molecule is O=CN[C@H](CC(=O)O)C1CC12CC2. The molecule has 0 heterocycles. The van der Waals surface area contributed by atoms with Gasteiger partial charge < -0.3 is 10.4 Å². The first-order valence-corrected chi connectivity index (χ1v) is 4.59. The minimum absolute atomic E-state index is 0.0607. The van der Waals surface area contributed by atoms with Gasteiger partial charge in [-0.25, -0.2) is 0 Å². The minimum Gasteiger partial charge on any atom is -0.481 e. The van der Waals surface area contributed by atoms with Gasteiger partial charge >= 0.3 is 5.97 Å². The lowest BCUT2D eigenvalue weighted by atomic mass is 10.1. The van der Waals surface area contributed by atoms with E-state index >= 15 is 0 Å². The maximum Gasteiger partial charge on any atom is 0.305 e. The number of carboxylic acids is 1. The quantitative estimate of drug-likeness (QED) is 0.605. The van der Waals surface area contributed by atoms with Crippen LogP contribution in [-0.2, 0) is 9.59 Å². The van der Waals surface area contributed by atoms with Gasteiger partial charge in [-0.3, -0.25) is 9.59 Å². The number of nitrogens with one attached hydrogen (secondary N) is 1. The van der Waals surface area contributed by atoms with Gasteiger partial charge in [-0.2, -0.15) is 0 Å². The summed E-state index contributed by atoms with van der Waals surface area (Å²) < 4.78 is 0. The third-order valence-electron chi connectivity index (χ3n) is 3.31. The van der Waals surface area contributed by atoms with Crippen LogP contribution in [0.4, 0.5) is 0 Å². The molecular weight excluding hydrogens is 170 g/mol. The molecule has 2 atom stereocenters. The highest BCUT2D eigenvalue weighted by atomic mass is 16.4. The van der Waals surface area contributed by atoms with Gasteiger partial charge in [0.1, 0.15) is 0 Å². The van der Waals surface area contributed by atoms with E-state index < -0.39 is 5.97 Å². The van der Waals surface area contributed by atoms with Crippen molar-refractivity contribution in [1.82, 2.24) is 5.32 Å². The van der Waals surface area contributed by atoms with Crippen LogP contribution >= 0.6 is 0 Å². The van der Waals surface area contributed by atoms with Gasteiger partial charge in [0.15, 0.2) is 0 Å². The van der Waals surface area contributed by atoms with Crippen molar-refractivity contribution in [3.8, 4) is 0 Å². The van der Waals surface area contributed by atoms with Crippen LogP contribution in [-0.4, -0.2) is 23.5 Å². The minimum atomic E-state index is -0.831. The standard InChI is InChI=1S/C9H13NO3/c11-5-10-7(3-8(12)13)6-4-9(6)1-2-9/h5-7H,1-4H2,(H,10,11)(H,12,13)/t6?,7-/m1/s1. The molecule has 2 fully saturated rings. The van der Waals surface area contributed by atoms with Crippen LogP contribution in [0.15, 0.2) is 0 Å². The van der Waals surface area contributed by atoms with E-state index in [0.29, 0.717) is 17.7 Å². The van der Waals surface area contributed by atoms with Crippen molar-refractivity contribution < 1.29 is 14.7 Å². The summed E-state index contributed by atoms with van der Waals surface area (Å²) in [5.41, 5.74) is 0.441. The lowest BCUT2D eigenvalue weighted by Gasteiger charge is -2.12. The Hall–Kier alpha value is -1.06. The van der Waals surface area contributed by atoms with E-state index in [4.69, 9.17) is 5.11 Å². The van der Waals surface area contributed by atoms with E-state index in [9.17, 15) is 9.59 Å². The molecule has 2 aliphatic rings. The van der Waals surface area contributed by atoms with E-state index in [1.165, 1.54) is 12.8 Å². The molecule has 1 amide bonds. The lowest BCUT2D eigenvalue weighted by Crippen LogP contribution is -2.33. The first-order valence-electron chi connectivity index (χ1n) is 4.59. The largest absolute Gasteiger partial charge is 0.481 e. The van der Waals surface area contributed by atoms with Crippen molar-refractivity contribution in [2.75, 3.05) is 0 Å². The summed E-state index contributed by atoms with van der Waals surface area (Å²) in [6, 6.07) is -0.141. The molecule has 0 aromatic heterocycles. The first kappa shape index (κ1) is 8.53. The molecule has 72 valence electrons. The van der Waals surface area contributed by atoms with Crippen LogP contribution in [0.5, 0.6) is 0 Å². The Morgan fingerprint density at radius 3 is 2.77 bits per heavy atom. The normalized spacial score (nSPS) is 29.4. The molecular formula is C9H13NO3. The molecule has 0 aliphatic heterocycles. The Morgan fingerprint density at radius 1 is 1.69 bits per heavy atom. The number of carbonyl (C=O) groups excluding carboxylic acids is 1. The van der Waals surface area contributed by atoms with Gasteiger partial charge in [-0.05, 0) is 30.6 Å². The van der Waals surface area contributed by atoms with Crippen LogP contribution in [0.2, 0.25) is 0 Å². The highest BCUT2D eigenvalue weighted by Crippen LogP contribution is 2.71. The molecule has 0 saturated heterocycles. The summed E-state index contributed by atoms with van der Waals surface area (Å²) in [4.78, 5) is 20.7. The first-order chi connectivity index (χ1) is 6.18. The molecule has 4 heteroatoms. The number of amides is 1. The van der Waals surface area contributed by atoms with Crippen LogP contribution in [0.25, 0.3) is 0 Å². The number of carbonyl (C=O) groups is 2. The number of rotatable bonds is 5. The highest BCUT2D eigenvalue weighted by Gasteiger charge is 2.65. The highest BCUT2D eigenvalue weighted by molar-refractivity contribution is 5.68. The summed E-state index contributed by atoms with van der Waals surface area (Å²) in [6.45, 7) is 0. The topological polar surface area (TPSA) is 66.4 Å². The van der Waals surface area contributed by atoms with Crippen molar-refractivity contribution in [2.45, 2.75) is 31.7 Å². The summed E-state index contributed by atoms with van der Waals surface area (Å²) >= 11 is 0. The molecule has 0 aromatic carbocycles. The van der Waals surface area contributed by atoms with E-state index in [0.717, 1.165) is 6.42 Å². The third-order valence-corrected chi connectivity index (χ3v) is 3.31. The molecule has 2 N–H and O–H groups in total. The van der Waals surface area contributed by atoms with Crippen molar-refractivity contribution in [3.63, 3.8) is 0 Å². The van der Waals surface area contributed by atoms with Crippen molar-refractivity contribution >= 4 is 12.4 Å². The lowest BCUT2D eigenvalue weighted by molar-refractivity contribution is -0.137. The summed E-state index contributed by atoms with van der Waals surface area (Å²) in [7, 11) is 0. The molecule has 4 nitrogen and oxygen atoms in total. The monoisotopic (exact) mass is 183 g/mol. The van der Waals surface area contributed by atoms with Crippen LogP contribution in [0.3, 0.4) is 0 Å². The predicted molar refractivity (Wildman–Crippen MR) is 45.0 cm³/mol. The van der Waals surface area contributed by atoms with E-state index in [2.05, 4.69) is 5.32 Å². The van der Waals surface area contributed by atoms with Gasteiger partial charge in [-0.15, -0.1) is 0 Å². The number of hydrogen-bond acceptors (Lipinski definition) is 2. The molecule has 13 heavy (non-hydrogen) atoms. The maximum absolute atomic E-state index is 10.5. The zero-order valence-electron chi connectivity index (χ0n) is 7.32. The average Bonchev–Trinajstić information content (AvgIpc) is 2.92. The second-order valence-electron chi connectivity index (χ2n) is 4.16. The number of carboxylic acid groups (broad SMARTS) is 1. The Labute approximate surface area is 76.3 Å². The number of aliphatic carboxylic acids is 1. The van der Waals surface area contributed by atoms with Crippen molar-refractivity contribution in [3.05, 3.63) is 0 Å². The summed E-state index contributed by atoms with van der Waals surface area (Å²) in [5.74, 6) is -0.407. The van der Waals surface area contributed by atoms with Crippen molar-refractivity contribution in [2.24, 2.45) is 11.3 Å². The molecule has 2 rings (SSSR count). The van der Waals surface area contributed by atoms with Crippen LogP contribution < -0.4 is 5.32 Å². The third kappa shape index (κ3) is 1.53. The molecule has 0 radical (unpaired) electrons. The van der Waals surface area contributed by atoms with Crippen molar-refractivity contribution in [1.29, 1.82) is 0 Å². The molecule has 0 aromatic rings. The van der Waals surface area contributed by atoms with E-state index in [1.54, 1.807) is 0 Å². The molecule has 2 saturated carbocycles. The summed E-state index contributed by atoms with van der Waals surface area (Å²) in [5, 5.41) is 11.2. The van der Waals surface area contributed by atoms with Gasteiger partial charge in [0.25, 0.3) is 0 Å². The predicted octanol–water partition coefficient (Wildman–Crippen LogP) is 0.376. The second kappa shape index (κ2) is 2.72. The second-order valence-corrected chi connectivity index (χ2v) is 4.16. The zero-order valence-corrected chi connectivity index (χ0v) is 7.32. The Morgan fingerprint density at radius 2 is 2.38 bits per heavy atom. The van der Waals surface area contributed by atoms with E-state index in [1.807, 2.05) is 0 Å². The average molecular weight is 183 g/mol. The van der Waals surface area contributed by atoms with Crippen LogP contribution in [0.1, 0.15) is 25.7 Å². The smallest absolute Gasteiger partial charge is 0.305 e. The maximum atomic E-state index is 10.5. The van der Waals surface area contributed by atoms with Gasteiger partial charge in [-0.1, -0.05) is 0 Å². The molecule has 0 bridgehead atoms. The van der Waals surface area contributed by atoms with Crippen LogP contribution in [0, 0.1) is 11.3 Å². The Bertz CT molecular complexity index is 247. The fourth-order valence-electron chi connectivity index (χ4n) is 2.28. The molecule has 2 aliphatic carbocycles. The molecule has 1 unspecified atom stereocenters. The fraction of sp³-hybridized carbons (Fsp3) is 0.778. The van der Waals surface area contributed by atoms with Gasteiger partial charge in [0.05, 0.1) is 6.42 Å². The van der Waals surface area contributed by atoms with Gasteiger partial charge in [0.2, 0.25) is 6.41 Å². The van der Waals surface area contributed by atoms with Gasteiger partial charge in [0, 0.05) is 6.04 Å². The zero-order chi connectivity index (χ0) is 9.47. The fourth-order valence-corrected chi connectivity index (χ4v) is 2.28. The summed E-state index contributed by atoms with van der Waals surface area (Å²) in [6.07, 6.45) is 4.21. The Balaban J connectivity index is 1.89. The Kier molecular flexibility index (Phi) is 1.78.